The summed E-state index contributed by atoms with van der Waals surface area (Å²) in [6.07, 6.45) is 2.07. The van der Waals surface area contributed by atoms with E-state index >= 15 is 0 Å². The lowest BCUT2D eigenvalue weighted by molar-refractivity contribution is 0.432. The van der Waals surface area contributed by atoms with Crippen LogP contribution in [0.15, 0.2) is 46.5 Å². The fourth-order valence-corrected chi connectivity index (χ4v) is 2.58. The van der Waals surface area contributed by atoms with E-state index in [9.17, 15) is 19.8 Å². The Morgan fingerprint density at radius 2 is 1.32 bits per heavy atom. The molecule has 0 atom stereocenters. The van der Waals surface area contributed by atoms with Crippen molar-refractivity contribution in [3.63, 3.8) is 0 Å². The average molecular weight is 383 g/mol. The second kappa shape index (κ2) is 7.37. The standard InChI is InChI=1S/C15H11ClN4O4.ClH/c16-8-3-1-7(2-4-8)9(10-12(21)17-5-18-13(10)22)11-14(23)19-6-20-15(11)24;/h1-6,9H,(H2,17,18,21,22)(H2,19,20,23,24);1H. The van der Waals surface area contributed by atoms with Gasteiger partial charge in [-0.25, -0.2) is 9.97 Å². The highest BCUT2D eigenvalue weighted by molar-refractivity contribution is 6.30. The van der Waals surface area contributed by atoms with Crippen LogP contribution in [0.2, 0.25) is 5.02 Å². The maximum atomic E-state index is 12.2. The van der Waals surface area contributed by atoms with Gasteiger partial charge >= 0.3 is 0 Å². The van der Waals surface area contributed by atoms with E-state index in [1.165, 1.54) is 0 Å². The van der Waals surface area contributed by atoms with Crippen LogP contribution in [-0.2, 0) is 0 Å². The first-order valence-corrected chi connectivity index (χ1v) is 7.15. The average Bonchev–Trinajstić information content (AvgIpc) is 2.54. The van der Waals surface area contributed by atoms with Crippen LogP contribution in [0.1, 0.15) is 22.6 Å². The third-order valence-corrected chi connectivity index (χ3v) is 3.77. The molecule has 10 heteroatoms. The van der Waals surface area contributed by atoms with E-state index in [0.29, 0.717) is 10.6 Å². The number of benzene rings is 1. The number of hydrogen-bond acceptors (Lipinski definition) is 6. The van der Waals surface area contributed by atoms with Crippen molar-refractivity contribution < 1.29 is 10.2 Å². The van der Waals surface area contributed by atoms with Crippen LogP contribution >= 0.6 is 24.0 Å². The largest absolute Gasteiger partial charge is 0.493 e. The Morgan fingerprint density at radius 1 is 0.880 bits per heavy atom. The van der Waals surface area contributed by atoms with Crippen LogP contribution in [0.3, 0.4) is 0 Å². The lowest BCUT2D eigenvalue weighted by atomic mass is 9.87. The molecule has 0 aliphatic carbocycles. The zero-order chi connectivity index (χ0) is 17.3. The third kappa shape index (κ3) is 3.49. The first-order chi connectivity index (χ1) is 11.5. The van der Waals surface area contributed by atoms with E-state index in [2.05, 4.69) is 19.9 Å². The van der Waals surface area contributed by atoms with Gasteiger partial charge in [-0.1, -0.05) is 23.7 Å². The van der Waals surface area contributed by atoms with Crippen LogP contribution in [0, 0.1) is 0 Å². The van der Waals surface area contributed by atoms with E-state index in [-0.39, 0.29) is 23.5 Å². The van der Waals surface area contributed by atoms with Crippen LogP contribution < -0.4 is 11.1 Å². The van der Waals surface area contributed by atoms with Gasteiger partial charge in [-0.05, 0) is 17.7 Å². The van der Waals surface area contributed by atoms with Crippen molar-refractivity contribution in [1.29, 1.82) is 0 Å². The first kappa shape index (κ1) is 18.5. The van der Waals surface area contributed by atoms with Crippen LogP contribution in [0.4, 0.5) is 0 Å². The molecule has 2 heterocycles. The molecule has 0 saturated heterocycles. The molecule has 1 aromatic carbocycles. The normalized spacial score (nSPS) is 10.5. The van der Waals surface area contributed by atoms with E-state index < -0.39 is 28.8 Å². The molecular formula is C15H12Cl2N4O4. The molecule has 2 aromatic heterocycles. The molecule has 25 heavy (non-hydrogen) atoms. The summed E-state index contributed by atoms with van der Waals surface area (Å²) in [7, 11) is 0. The summed E-state index contributed by atoms with van der Waals surface area (Å²) in [4.78, 5) is 36.4. The summed E-state index contributed by atoms with van der Waals surface area (Å²) in [6, 6.07) is 6.27. The molecule has 0 fully saturated rings. The van der Waals surface area contributed by atoms with Gasteiger partial charge < -0.3 is 20.2 Å². The zero-order valence-electron chi connectivity index (χ0n) is 12.4. The molecule has 0 amide bonds. The molecule has 0 bridgehead atoms. The molecule has 3 rings (SSSR count). The van der Waals surface area contributed by atoms with Crippen LogP contribution in [0.25, 0.3) is 0 Å². The molecule has 0 spiro atoms. The summed E-state index contributed by atoms with van der Waals surface area (Å²) >= 11 is 5.87. The summed E-state index contributed by atoms with van der Waals surface area (Å²) in [6.45, 7) is 0. The Morgan fingerprint density at radius 3 is 1.72 bits per heavy atom. The SMILES string of the molecule is Cl.O=c1[nH]cnc(O)c1C(c1ccc(Cl)cc1)c1c(O)nc[nH]c1=O. The van der Waals surface area contributed by atoms with E-state index in [0.717, 1.165) is 12.7 Å². The maximum Gasteiger partial charge on any atom is 0.258 e. The number of aromatic amines is 2. The molecular weight excluding hydrogens is 371 g/mol. The van der Waals surface area contributed by atoms with E-state index in [4.69, 9.17) is 11.6 Å². The van der Waals surface area contributed by atoms with Crippen molar-refractivity contribution in [3.05, 3.63) is 79.3 Å². The minimum atomic E-state index is -1.09. The topological polar surface area (TPSA) is 132 Å². The number of hydrogen-bond donors (Lipinski definition) is 4. The molecule has 0 radical (unpaired) electrons. The van der Waals surface area contributed by atoms with Gasteiger partial charge in [-0.3, -0.25) is 9.59 Å². The molecule has 4 N–H and O–H groups in total. The fourth-order valence-electron chi connectivity index (χ4n) is 2.46. The monoisotopic (exact) mass is 382 g/mol. The number of aromatic nitrogens is 4. The molecule has 130 valence electrons. The third-order valence-electron chi connectivity index (χ3n) is 3.52. The van der Waals surface area contributed by atoms with Crippen molar-refractivity contribution in [1.82, 2.24) is 19.9 Å². The van der Waals surface area contributed by atoms with Gasteiger partial charge in [0.1, 0.15) is 0 Å². The summed E-state index contributed by atoms with van der Waals surface area (Å²) < 4.78 is 0. The molecule has 0 unspecified atom stereocenters. The second-order valence-corrected chi connectivity index (χ2v) is 5.36. The highest BCUT2D eigenvalue weighted by Gasteiger charge is 2.29. The van der Waals surface area contributed by atoms with Gasteiger partial charge in [0, 0.05) is 5.02 Å². The van der Waals surface area contributed by atoms with Crippen LogP contribution in [-0.4, -0.2) is 30.1 Å². The predicted octanol–water partition coefficient (Wildman–Crippen LogP) is 1.52. The van der Waals surface area contributed by atoms with Crippen molar-refractivity contribution in [2.75, 3.05) is 0 Å². The fraction of sp³-hybridized carbons (Fsp3) is 0.0667. The van der Waals surface area contributed by atoms with E-state index in [1.807, 2.05) is 0 Å². The van der Waals surface area contributed by atoms with E-state index in [1.54, 1.807) is 24.3 Å². The predicted molar refractivity (Wildman–Crippen MR) is 92.7 cm³/mol. The summed E-state index contributed by atoms with van der Waals surface area (Å²) in [5.41, 5.74) is -1.22. The van der Waals surface area contributed by atoms with Crippen molar-refractivity contribution in [2.45, 2.75) is 5.92 Å². The van der Waals surface area contributed by atoms with Gasteiger partial charge in [0.25, 0.3) is 11.1 Å². The molecule has 0 aliphatic heterocycles. The lowest BCUT2D eigenvalue weighted by Gasteiger charge is -2.17. The van der Waals surface area contributed by atoms with Gasteiger partial charge in [-0.2, -0.15) is 0 Å². The molecule has 8 nitrogen and oxygen atoms in total. The number of H-pyrrole nitrogens is 2. The molecule has 3 aromatic rings. The minimum Gasteiger partial charge on any atom is -0.493 e. The Kier molecular flexibility index (Phi) is 5.45. The summed E-state index contributed by atoms with van der Waals surface area (Å²) in [5.74, 6) is -2.19. The zero-order valence-corrected chi connectivity index (χ0v) is 14.0. The number of rotatable bonds is 3. The first-order valence-electron chi connectivity index (χ1n) is 6.77. The highest BCUT2D eigenvalue weighted by Crippen LogP contribution is 2.35. The number of halogens is 2. The van der Waals surface area contributed by atoms with Crippen molar-refractivity contribution in [2.24, 2.45) is 0 Å². The Hall–Kier alpha value is -2.84. The Labute approximate surface area is 151 Å². The smallest absolute Gasteiger partial charge is 0.258 e. The Balaban J connectivity index is 0.00000225. The number of nitrogens with zero attached hydrogens (tertiary/aromatic N) is 2. The number of nitrogens with one attached hydrogen (secondary N) is 2. The Bertz CT molecular complexity index is 942. The second-order valence-electron chi connectivity index (χ2n) is 4.92. The molecule has 0 aliphatic rings. The quantitative estimate of drug-likeness (QED) is 0.542. The maximum absolute atomic E-state index is 12.2. The van der Waals surface area contributed by atoms with Gasteiger partial charge in [-0.15, -0.1) is 12.4 Å². The van der Waals surface area contributed by atoms with Gasteiger partial charge in [0.05, 0.1) is 29.7 Å². The summed E-state index contributed by atoms with van der Waals surface area (Å²) in [5, 5.41) is 20.5. The van der Waals surface area contributed by atoms with Crippen molar-refractivity contribution in [3.8, 4) is 11.8 Å². The van der Waals surface area contributed by atoms with Crippen LogP contribution in [0.5, 0.6) is 11.8 Å². The van der Waals surface area contributed by atoms with Gasteiger partial charge in [0.15, 0.2) is 0 Å². The molecule has 0 saturated carbocycles. The lowest BCUT2D eigenvalue weighted by Crippen LogP contribution is -2.24. The van der Waals surface area contributed by atoms with Crippen molar-refractivity contribution >= 4 is 24.0 Å². The van der Waals surface area contributed by atoms with Gasteiger partial charge in [0.2, 0.25) is 11.8 Å². The number of aromatic hydroxyl groups is 2. The minimum absolute atomic E-state index is 0. The highest BCUT2D eigenvalue weighted by atomic mass is 35.5.